The first-order chi connectivity index (χ1) is 21.6. The van der Waals surface area contributed by atoms with Crippen molar-refractivity contribution in [3.63, 3.8) is 0 Å². The van der Waals surface area contributed by atoms with Crippen LogP contribution in [0.1, 0.15) is 57.8 Å². The van der Waals surface area contributed by atoms with Gasteiger partial charge in [0.05, 0.1) is 30.0 Å². The van der Waals surface area contributed by atoms with Gasteiger partial charge in [-0.05, 0) is 94.1 Å². The van der Waals surface area contributed by atoms with Gasteiger partial charge in [-0.1, -0.05) is 0 Å². The van der Waals surface area contributed by atoms with Gasteiger partial charge >= 0.3 is 0 Å². The number of hydrogen-bond acceptors (Lipinski definition) is 8. The summed E-state index contributed by atoms with van der Waals surface area (Å²) in [6, 6.07) is 3.40. The Kier molecular flexibility index (Phi) is 13.0. The summed E-state index contributed by atoms with van der Waals surface area (Å²) in [4.78, 5) is 64.9. The monoisotopic (exact) mass is 894 g/mol. The van der Waals surface area contributed by atoms with Gasteiger partial charge in [0.15, 0.2) is 11.9 Å². The minimum atomic E-state index is -0.833. The van der Waals surface area contributed by atoms with Gasteiger partial charge in [-0.15, -0.1) is 0 Å². The predicted octanol–water partition coefficient (Wildman–Crippen LogP) is 3.97. The van der Waals surface area contributed by atoms with E-state index in [-0.39, 0.29) is 35.5 Å². The average molecular weight is 898 g/mol. The molecule has 248 valence electrons. The number of amides is 2. The number of rotatable bonds is 7. The van der Waals surface area contributed by atoms with E-state index in [2.05, 4.69) is 104 Å². The van der Waals surface area contributed by atoms with Crippen molar-refractivity contribution < 1.29 is 29.4 Å². The first-order valence-electron chi connectivity index (χ1n) is 13.2. The molecule has 0 radical (unpaired) electrons. The molecule has 4 heterocycles. The number of carbonyl (C=O) groups excluding carboxylic acids is 2. The molecular formula is C26H30Br4N10O6. The first-order valence-corrected chi connectivity index (χ1v) is 16.4. The van der Waals surface area contributed by atoms with Crippen LogP contribution >= 0.6 is 63.7 Å². The number of nitrogen functional groups attached to an aromatic ring is 2. The van der Waals surface area contributed by atoms with Gasteiger partial charge in [-0.3, -0.25) is 19.2 Å². The van der Waals surface area contributed by atoms with Crippen molar-refractivity contribution >= 4 is 99.4 Å². The Labute approximate surface area is 295 Å². The van der Waals surface area contributed by atoms with Gasteiger partial charge in [0.25, 0.3) is 23.8 Å². The molecule has 0 saturated heterocycles. The van der Waals surface area contributed by atoms with Gasteiger partial charge in [0, 0.05) is 44.2 Å². The van der Waals surface area contributed by atoms with Crippen LogP contribution in [0.25, 0.3) is 0 Å². The van der Waals surface area contributed by atoms with E-state index in [0.717, 1.165) is 39.9 Å². The number of halogens is 4. The summed E-state index contributed by atoms with van der Waals surface area (Å²) in [5.74, 6) is -2.21. The molecule has 0 fully saturated rings. The molecule has 0 aromatic carbocycles. The number of nitrogens with two attached hydrogens (primary N) is 2. The number of hydrogen-bond donors (Lipinski definition) is 10. The molecule has 4 aromatic rings. The lowest BCUT2D eigenvalue weighted by Crippen LogP contribution is -2.44. The second-order valence-corrected chi connectivity index (χ2v) is 13.3. The Bertz CT molecular complexity index is 1660. The molecule has 16 nitrogen and oxygen atoms in total. The summed E-state index contributed by atoms with van der Waals surface area (Å²) < 4.78 is 2.84. The van der Waals surface area contributed by atoms with Gasteiger partial charge in [0.1, 0.15) is 11.4 Å². The molecule has 0 spiro atoms. The third-order valence-electron chi connectivity index (χ3n) is 6.54. The van der Waals surface area contributed by atoms with Crippen LogP contribution in [0, 0.1) is 11.8 Å². The minimum absolute atomic E-state index is 0.0925. The summed E-state index contributed by atoms with van der Waals surface area (Å²) in [5.41, 5.74) is 15.1. The molecule has 20 heteroatoms. The van der Waals surface area contributed by atoms with Crippen LogP contribution in [0.5, 0.6) is 0 Å². The number of aliphatic carboxylic acids is 2. The largest absolute Gasteiger partial charge is 0.481 e. The highest BCUT2D eigenvalue weighted by atomic mass is 79.9. The van der Waals surface area contributed by atoms with Crippen LogP contribution in [-0.2, 0) is 16.0 Å². The van der Waals surface area contributed by atoms with E-state index in [1.807, 2.05) is 0 Å². The fraction of sp³-hybridized carbons (Fsp3) is 0.308. The average Bonchev–Trinajstić information content (AvgIpc) is 3.72. The van der Waals surface area contributed by atoms with E-state index in [1.54, 1.807) is 18.3 Å². The summed E-state index contributed by atoms with van der Waals surface area (Å²) >= 11 is 13.5. The molecule has 0 saturated carbocycles. The van der Waals surface area contributed by atoms with E-state index in [4.69, 9.17) is 31.3 Å². The SMILES string of the molecule is CC(=O)O.CC(=O)O.Nc1ncc(C2c3nc(N)[nH]c3CC(CNC(=O)c3cc(Br)c(Br)[nH]3)C2CNC(=O)c2cc(Br)c(Br)[nH]2)[nH]1. The third-order valence-corrected chi connectivity index (χ3v) is 10.1. The number of fused-ring (bicyclic) bond motifs is 1. The lowest BCUT2D eigenvalue weighted by Gasteiger charge is -2.37. The van der Waals surface area contributed by atoms with Crippen LogP contribution < -0.4 is 22.1 Å². The van der Waals surface area contributed by atoms with E-state index >= 15 is 0 Å². The van der Waals surface area contributed by atoms with Gasteiger partial charge in [0.2, 0.25) is 0 Å². The summed E-state index contributed by atoms with van der Waals surface area (Å²) in [6.07, 6.45) is 2.23. The fourth-order valence-electron chi connectivity index (χ4n) is 4.82. The summed E-state index contributed by atoms with van der Waals surface area (Å²) in [6.45, 7) is 2.80. The normalized spacial score (nSPS) is 16.6. The zero-order valence-corrected chi connectivity index (χ0v) is 30.5. The number of aromatic nitrogens is 6. The molecule has 46 heavy (non-hydrogen) atoms. The molecule has 1 aliphatic carbocycles. The van der Waals surface area contributed by atoms with Crippen molar-refractivity contribution in [1.29, 1.82) is 0 Å². The molecule has 0 bridgehead atoms. The standard InChI is InChI=1S/C22H22Br4N10O2.2C2H4O2/c23-9-2-12(32-17(9)25)19(37)29-4-7-1-11-16(36-22(28)34-11)15(14-6-31-21(27)35-14)8(7)5-30-20(38)13-3-10(24)18(26)33-13;2*1-2(3)4/h2-3,6-8,15,32-33H,1,4-5H2,(H,29,37)(H,30,38)(H3,27,31,35)(H3,28,34,36);2*1H3,(H,3,4). The molecule has 3 unspecified atom stereocenters. The quantitative estimate of drug-likeness (QED) is 0.128. The number of carboxylic acid groups (broad SMARTS) is 2. The van der Waals surface area contributed by atoms with Crippen molar-refractivity contribution in [2.24, 2.45) is 11.8 Å². The molecule has 1 aliphatic rings. The molecule has 12 N–H and O–H groups in total. The van der Waals surface area contributed by atoms with Gasteiger partial charge in [-0.2, -0.15) is 0 Å². The Morgan fingerprint density at radius 1 is 0.848 bits per heavy atom. The van der Waals surface area contributed by atoms with E-state index in [9.17, 15) is 9.59 Å². The second-order valence-electron chi connectivity index (χ2n) is 9.96. The maximum absolute atomic E-state index is 13.0. The number of imidazole rings is 2. The summed E-state index contributed by atoms with van der Waals surface area (Å²) in [7, 11) is 0. The van der Waals surface area contributed by atoms with E-state index in [1.165, 1.54) is 0 Å². The third kappa shape index (κ3) is 9.94. The lowest BCUT2D eigenvalue weighted by molar-refractivity contribution is -0.135. The second kappa shape index (κ2) is 16.3. The molecule has 3 atom stereocenters. The number of anilines is 2. The maximum Gasteiger partial charge on any atom is 0.300 e. The predicted molar refractivity (Wildman–Crippen MR) is 182 cm³/mol. The topological polar surface area (TPSA) is 274 Å². The number of nitrogens with one attached hydrogen (secondary N) is 6. The van der Waals surface area contributed by atoms with Gasteiger partial charge in [-0.25, -0.2) is 9.97 Å². The van der Waals surface area contributed by atoms with Crippen LogP contribution in [0.3, 0.4) is 0 Å². The molecule has 0 aliphatic heterocycles. The Morgan fingerprint density at radius 2 is 1.35 bits per heavy atom. The van der Waals surface area contributed by atoms with Crippen molar-refractivity contribution in [2.75, 3.05) is 24.6 Å². The highest BCUT2D eigenvalue weighted by Gasteiger charge is 2.41. The van der Waals surface area contributed by atoms with Crippen molar-refractivity contribution in [3.8, 4) is 0 Å². The van der Waals surface area contributed by atoms with Crippen molar-refractivity contribution in [1.82, 2.24) is 40.5 Å². The molecule has 5 rings (SSSR count). The van der Waals surface area contributed by atoms with Crippen LogP contribution in [-0.4, -0.2) is 77.0 Å². The molecular weight excluding hydrogens is 868 g/mol. The first kappa shape index (κ1) is 36.8. The van der Waals surface area contributed by atoms with E-state index < -0.39 is 11.9 Å². The van der Waals surface area contributed by atoms with Crippen molar-refractivity contribution in [2.45, 2.75) is 26.2 Å². The molecule has 4 aromatic heterocycles. The number of carbonyl (C=O) groups is 4. The number of H-pyrrole nitrogens is 4. The number of nitrogens with zero attached hydrogens (tertiary/aromatic N) is 2. The molecule has 2 amide bonds. The Morgan fingerprint density at radius 3 is 1.78 bits per heavy atom. The van der Waals surface area contributed by atoms with E-state index in [0.29, 0.717) is 46.1 Å². The van der Waals surface area contributed by atoms with Crippen LogP contribution in [0.4, 0.5) is 11.9 Å². The van der Waals surface area contributed by atoms with Gasteiger partial charge < -0.3 is 52.2 Å². The maximum atomic E-state index is 13.0. The number of aromatic amines is 4. The minimum Gasteiger partial charge on any atom is -0.481 e. The fourth-order valence-corrected chi connectivity index (χ4v) is 6.13. The summed E-state index contributed by atoms with van der Waals surface area (Å²) in [5, 5.41) is 20.9. The lowest BCUT2D eigenvalue weighted by atomic mass is 9.71. The smallest absolute Gasteiger partial charge is 0.300 e. The van der Waals surface area contributed by atoms with Crippen molar-refractivity contribution in [3.05, 3.63) is 65.0 Å². The van der Waals surface area contributed by atoms with Crippen LogP contribution in [0.2, 0.25) is 0 Å². The Hall–Kier alpha value is -3.62. The number of carboxylic acids is 2. The highest BCUT2D eigenvalue weighted by molar-refractivity contribution is 9.13. The zero-order chi connectivity index (χ0) is 34.3. The highest BCUT2D eigenvalue weighted by Crippen LogP contribution is 2.42. The zero-order valence-electron chi connectivity index (χ0n) is 24.2. The van der Waals surface area contributed by atoms with Crippen LogP contribution in [0.15, 0.2) is 36.5 Å². The Balaban J connectivity index is 0.000000647.